The van der Waals surface area contributed by atoms with Crippen LogP contribution in [0.25, 0.3) is 0 Å². The average Bonchev–Trinajstić information content (AvgIpc) is 2.41. The third kappa shape index (κ3) is 6.30. The Balaban J connectivity index is 2.49. The van der Waals surface area contributed by atoms with Crippen LogP contribution in [0.1, 0.15) is 32.3 Å². The molecule has 0 saturated heterocycles. The van der Waals surface area contributed by atoms with Crippen molar-refractivity contribution in [2.24, 2.45) is 0 Å². The van der Waals surface area contributed by atoms with Crippen LogP contribution in [0.4, 0.5) is 4.39 Å². The topological polar surface area (TPSA) is 21.3 Å². The van der Waals surface area contributed by atoms with Gasteiger partial charge in [0.05, 0.1) is 6.61 Å². The highest BCUT2D eigenvalue weighted by Crippen LogP contribution is 2.23. The Morgan fingerprint density at radius 2 is 2.16 bits per heavy atom. The molecule has 19 heavy (non-hydrogen) atoms. The lowest BCUT2D eigenvalue weighted by molar-refractivity contribution is 0.298. The van der Waals surface area contributed by atoms with Gasteiger partial charge in [-0.2, -0.15) is 11.8 Å². The molecule has 0 radical (unpaired) electrons. The minimum Gasteiger partial charge on any atom is -0.490 e. The average molecular weight is 285 g/mol. The molecule has 0 saturated carbocycles. The van der Waals surface area contributed by atoms with Crippen molar-refractivity contribution in [3.8, 4) is 5.75 Å². The van der Waals surface area contributed by atoms with Crippen molar-refractivity contribution in [2.45, 2.75) is 33.2 Å². The van der Waals surface area contributed by atoms with Crippen LogP contribution >= 0.6 is 11.8 Å². The molecule has 0 aliphatic carbocycles. The monoisotopic (exact) mass is 285 g/mol. The van der Waals surface area contributed by atoms with Crippen molar-refractivity contribution in [3.05, 3.63) is 29.6 Å². The molecule has 0 spiro atoms. The lowest BCUT2D eigenvalue weighted by Crippen LogP contribution is -2.15. The van der Waals surface area contributed by atoms with E-state index >= 15 is 0 Å². The van der Waals surface area contributed by atoms with E-state index in [0.717, 1.165) is 36.5 Å². The number of hydrogen-bond acceptors (Lipinski definition) is 3. The Kier molecular flexibility index (Phi) is 8.67. The molecular formula is C15H24FNOS. The Bertz CT molecular complexity index is 360. The summed E-state index contributed by atoms with van der Waals surface area (Å²) in [7, 11) is 0. The highest BCUT2D eigenvalue weighted by molar-refractivity contribution is 7.99. The van der Waals surface area contributed by atoms with Gasteiger partial charge in [0.2, 0.25) is 0 Å². The zero-order valence-corrected chi connectivity index (χ0v) is 12.7. The van der Waals surface area contributed by atoms with Gasteiger partial charge in [-0.1, -0.05) is 26.0 Å². The van der Waals surface area contributed by atoms with Gasteiger partial charge in [-0.15, -0.1) is 0 Å². The molecule has 2 nitrogen and oxygen atoms in total. The second-order valence-corrected chi connectivity index (χ2v) is 5.70. The summed E-state index contributed by atoms with van der Waals surface area (Å²) in [6, 6.07) is 5.11. The maximum Gasteiger partial charge on any atom is 0.165 e. The highest BCUT2D eigenvalue weighted by atomic mass is 32.2. The molecule has 0 atom stereocenters. The minimum atomic E-state index is -0.265. The van der Waals surface area contributed by atoms with E-state index in [1.54, 1.807) is 6.07 Å². The first-order valence-electron chi connectivity index (χ1n) is 6.98. The first kappa shape index (κ1) is 16.3. The van der Waals surface area contributed by atoms with E-state index in [1.807, 2.05) is 17.8 Å². The molecule has 0 aromatic heterocycles. The molecule has 0 fully saturated rings. The van der Waals surface area contributed by atoms with Gasteiger partial charge < -0.3 is 10.1 Å². The lowest BCUT2D eigenvalue weighted by Gasteiger charge is -2.12. The maximum atomic E-state index is 13.8. The van der Waals surface area contributed by atoms with Crippen LogP contribution in [-0.4, -0.2) is 24.7 Å². The summed E-state index contributed by atoms with van der Waals surface area (Å²) in [6.45, 7) is 6.42. The number of benzene rings is 1. The number of rotatable bonds is 10. The third-order valence-corrected chi connectivity index (χ3v) is 3.66. The molecule has 0 bridgehead atoms. The summed E-state index contributed by atoms with van der Waals surface area (Å²) in [5, 5.41) is 3.28. The summed E-state index contributed by atoms with van der Waals surface area (Å²) < 4.78 is 19.4. The van der Waals surface area contributed by atoms with Gasteiger partial charge >= 0.3 is 0 Å². The van der Waals surface area contributed by atoms with E-state index in [-0.39, 0.29) is 5.82 Å². The smallest absolute Gasteiger partial charge is 0.165 e. The van der Waals surface area contributed by atoms with Crippen molar-refractivity contribution in [2.75, 3.05) is 24.7 Å². The molecule has 0 unspecified atom stereocenters. The number of thioether (sulfide) groups is 1. The van der Waals surface area contributed by atoms with E-state index in [9.17, 15) is 4.39 Å². The fourth-order valence-electron chi connectivity index (χ4n) is 1.73. The summed E-state index contributed by atoms with van der Waals surface area (Å²) >= 11 is 1.88. The van der Waals surface area contributed by atoms with Crippen molar-refractivity contribution < 1.29 is 9.13 Å². The van der Waals surface area contributed by atoms with Crippen LogP contribution < -0.4 is 10.1 Å². The Morgan fingerprint density at radius 1 is 1.32 bits per heavy atom. The van der Waals surface area contributed by atoms with Gasteiger partial charge in [-0.3, -0.25) is 0 Å². The number of halogens is 1. The SMILES string of the molecule is CCCNCc1cccc(F)c1OCCCSCC. The number of nitrogens with one attached hydrogen (secondary N) is 1. The second-order valence-electron chi connectivity index (χ2n) is 4.30. The van der Waals surface area contributed by atoms with Gasteiger partial charge in [0.15, 0.2) is 11.6 Å². The molecule has 1 N–H and O–H groups in total. The number of ether oxygens (including phenoxy) is 1. The van der Waals surface area contributed by atoms with E-state index in [0.29, 0.717) is 18.9 Å². The Hall–Kier alpha value is -0.740. The normalized spacial score (nSPS) is 10.7. The van der Waals surface area contributed by atoms with Crippen molar-refractivity contribution >= 4 is 11.8 Å². The van der Waals surface area contributed by atoms with E-state index < -0.39 is 0 Å². The summed E-state index contributed by atoms with van der Waals surface area (Å²) in [6.07, 6.45) is 2.02. The van der Waals surface area contributed by atoms with Gasteiger partial charge in [0, 0.05) is 12.1 Å². The zero-order valence-electron chi connectivity index (χ0n) is 11.9. The van der Waals surface area contributed by atoms with Crippen molar-refractivity contribution in [1.29, 1.82) is 0 Å². The highest BCUT2D eigenvalue weighted by Gasteiger charge is 2.09. The molecule has 0 heterocycles. The summed E-state index contributed by atoms with van der Waals surface area (Å²) in [5.74, 6) is 2.33. The zero-order chi connectivity index (χ0) is 13.9. The van der Waals surface area contributed by atoms with Gasteiger partial charge in [0.25, 0.3) is 0 Å². The summed E-state index contributed by atoms with van der Waals surface area (Å²) in [5.41, 5.74) is 0.900. The van der Waals surface area contributed by atoms with Gasteiger partial charge in [-0.05, 0) is 37.0 Å². The van der Waals surface area contributed by atoms with E-state index in [1.165, 1.54) is 6.07 Å². The molecular weight excluding hydrogens is 261 g/mol. The maximum absolute atomic E-state index is 13.8. The molecule has 0 aliphatic heterocycles. The Morgan fingerprint density at radius 3 is 2.89 bits per heavy atom. The van der Waals surface area contributed by atoms with Crippen LogP contribution in [0.5, 0.6) is 5.75 Å². The number of hydrogen-bond donors (Lipinski definition) is 1. The van der Waals surface area contributed by atoms with Crippen molar-refractivity contribution in [1.82, 2.24) is 5.32 Å². The first-order chi connectivity index (χ1) is 9.29. The van der Waals surface area contributed by atoms with Gasteiger partial charge in [-0.25, -0.2) is 4.39 Å². The standard InChI is InChI=1S/C15H24FNOS/c1-3-9-17-12-13-7-5-8-14(16)15(13)18-10-6-11-19-4-2/h5,7-8,17H,3-4,6,9-12H2,1-2H3. The molecule has 0 aliphatic rings. The molecule has 108 valence electrons. The number of para-hydroxylation sites is 1. The lowest BCUT2D eigenvalue weighted by atomic mass is 10.2. The van der Waals surface area contributed by atoms with E-state index in [4.69, 9.17) is 4.74 Å². The van der Waals surface area contributed by atoms with Crippen molar-refractivity contribution in [3.63, 3.8) is 0 Å². The van der Waals surface area contributed by atoms with Crippen LogP contribution in [0.3, 0.4) is 0 Å². The third-order valence-electron chi connectivity index (χ3n) is 2.67. The van der Waals surface area contributed by atoms with Gasteiger partial charge in [0.1, 0.15) is 0 Å². The molecule has 0 amide bonds. The largest absolute Gasteiger partial charge is 0.490 e. The van der Waals surface area contributed by atoms with E-state index in [2.05, 4.69) is 19.2 Å². The molecule has 4 heteroatoms. The van der Waals surface area contributed by atoms with Crippen LogP contribution in [0, 0.1) is 5.82 Å². The predicted octanol–water partition coefficient (Wildman–Crippen LogP) is 3.85. The van der Waals surface area contributed by atoms with Crippen LogP contribution in [0.15, 0.2) is 18.2 Å². The second kappa shape index (κ2) is 10.1. The fourth-order valence-corrected chi connectivity index (χ4v) is 2.34. The first-order valence-corrected chi connectivity index (χ1v) is 8.13. The van der Waals surface area contributed by atoms with Crippen LogP contribution in [0.2, 0.25) is 0 Å². The fraction of sp³-hybridized carbons (Fsp3) is 0.600. The predicted molar refractivity (Wildman–Crippen MR) is 81.5 cm³/mol. The Labute approximate surface area is 120 Å². The molecule has 1 aromatic rings. The quantitative estimate of drug-likeness (QED) is 0.660. The van der Waals surface area contributed by atoms with Crippen LogP contribution in [-0.2, 0) is 6.54 Å². The molecule has 1 aromatic carbocycles. The summed E-state index contributed by atoms with van der Waals surface area (Å²) in [4.78, 5) is 0. The molecule has 1 rings (SSSR count). The minimum absolute atomic E-state index is 0.265.